The van der Waals surface area contributed by atoms with Crippen molar-refractivity contribution in [2.24, 2.45) is 0 Å². The van der Waals surface area contributed by atoms with Crippen molar-refractivity contribution < 1.29 is 4.42 Å². The molecule has 3 aromatic rings. The van der Waals surface area contributed by atoms with E-state index in [1.54, 1.807) is 12.3 Å². The highest BCUT2D eigenvalue weighted by atomic mass is 35.5. The van der Waals surface area contributed by atoms with Crippen molar-refractivity contribution in [3.8, 4) is 0 Å². The van der Waals surface area contributed by atoms with Crippen LogP contribution in [0.2, 0.25) is 10.0 Å². The predicted molar refractivity (Wildman–Crippen MR) is 101 cm³/mol. The summed E-state index contributed by atoms with van der Waals surface area (Å²) in [5, 5.41) is 7.85. The van der Waals surface area contributed by atoms with E-state index < -0.39 is 0 Å². The molecule has 0 amide bonds. The molecule has 0 atom stereocenters. The first-order chi connectivity index (χ1) is 12.1. The summed E-state index contributed by atoms with van der Waals surface area (Å²) in [4.78, 5) is 8.79. The smallest absolute Gasteiger partial charge is 0.132 e. The van der Waals surface area contributed by atoms with Crippen molar-refractivity contribution in [3.05, 3.63) is 69.9 Å². The topological polar surface area (TPSA) is 63.0 Å². The van der Waals surface area contributed by atoms with Gasteiger partial charge in [-0.15, -0.1) is 0 Å². The first-order valence-electron chi connectivity index (χ1n) is 7.90. The van der Waals surface area contributed by atoms with Gasteiger partial charge in [-0.3, -0.25) is 0 Å². The zero-order valence-corrected chi connectivity index (χ0v) is 15.2. The average Bonchev–Trinajstić information content (AvgIpc) is 3.08. The number of anilines is 2. The van der Waals surface area contributed by atoms with Crippen LogP contribution in [0.1, 0.15) is 17.1 Å². The van der Waals surface area contributed by atoms with Crippen molar-refractivity contribution in [1.82, 2.24) is 9.97 Å². The van der Waals surface area contributed by atoms with Crippen LogP contribution in [-0.2, 0) is 13.0 Å². The second kappa shape index (κ2) is 8.23. The SMILES string of the molecule is Cc1nc(NCCc2ccc(Cl)cc2Cl)cc(NCc2ccco2)n1. The van der Waals surface area contributed by atoms with Crippen LogP contribution in [0.25, 0.3) is 0 Å². The summed E-state index contributed by atoms with van der Waals surface area (Å²) in [5.74, 6) is 3.05. The van der Waals surface area contributed by atoms with Crippen LogP contribution < -0.4 is 10.6 Å². The van der Waals surface area contributed by atoms with E-state index in [4.69, 9.17) is 27.6 Å². The molecular weight excluding hydrogens is 359 g/mol. The number of hydrogen-bond donors (Lipinski definition) is 2. The van der Waals surface area contributed by atoms with Crippen molar-refractivity contribution in [2.45, 2.75) is 19.9 Å². The quantitative estimate of drug-likeness (QED) is 0.610. The van der Waals surface area contributed by atoms with Gasteiger partial charge in [-0.1, -0.05) is 29.3 Å². The summed E-state index contributed by atoms with van der Waals surface area (Å²) in [6.07, 6.45) is 2.42. The fourth-order valence-corrected chi connectivity index (χ4v) is 2.89. The minimum atomic E-state index is 0.573. The molecule has 0 fully saturated rings. The van der Waals surface area contributed by atoms with E-state index in [1.165, 1.54) is 0 Å². The van der Waals surface area contributed by atoms with E-state index in [1.807, 2.05) is 37.3 Å². The number of hydrogen-bond acceptors (Lipinski definition) is 5. The molecular formula is C18H18Cl2N4O. The summed E-state index contributed by atoms with van der Waals surface area (Å²) in [7, 11) is 0. The van der Waals surface area contributed by atoms with E-state index in [2.05, 4.69) is 20.6 Å². The van der Waals surface area contributed by atoms with Gasteiger partial charge in [0.1, 0.15) is 23.2 Å². The number of nitrogens with zero attached hydrogens (tertiary/aromatic N) is 2. The zero-order chi connectivity index (χ0) is 17.6. The molecule has 1 aromatic carbocycles. The molecule has 0 saturated heterocycles. The van der Waals surface area contributed by atoms with Crippen molar-refractivity contribution in [2.75, 3.05) is 17.2 Å². The van der Waals surface area contributed by atoms with E-state index >= 15 is 0 Å². The third kappa shape index (κ3) is 5.11. The molecule has 3 rings (SSSR count). The van der Waals surface area contributed by atoms with E-state index in [-0.39, 0.29) is 0 Å². The van der Waals surface area contributed by atoms with Crippen molar-refractivity contribution in [1.29, 1.82) is 0 Å². The minimum absolute atomic E-state index is 0.573. The minimum Gasteiger partial charge on any atom is -0.467 e. The molecule has 0 saturated carbocycles. The molecule has 130 valence electrons. The maximum absolute atomic E-state index is 6.20. The van der Waals surface area contributed by atoms with Gasteiger partial charge in [0.2, 0.25) is 0 Å². The van der Waals surface area contributed by atoms with Gasteiger partial charge < -0.3 is 15.1 Å². The summed E-state index contributed by atoms with van der Waals surface area (Å²) in [5.41, 5.74) is 1.04. The van der Waals surface area contributed by atoms with Gasteiger partial charge in [0.25, 0.3) is 0 Å². The molecule has 0 unspecified atom stereocenters. The molecule has 2 N–H and O–H groups in total. The van der Waals surface area contributed by atoms with Crippen LogP contribution in [0.4, 0.5) is 11.6 Å². The molecule has 0 spiro atoms. The monoisotopic (exact) mass is 376 g/mol. The Morgan fingerprint density at radius 3 is 2.56 bits per heavy atom. The van der Waals surface area contributed by atoms with Crippen LogP contribution in [0, 0.1) is 6.92 Å². The highest BCUT2D eigenvalue weighted by molar-refractivity contribution is 6.35. The Morgan fingerprint density at radius 1 is 1.04 bits per heavy atom. The third-order valence-corrected chi connectivity index (χ3v) is 4.16. The van der Waals surface area contributed by atoms with Gasteiger partial charge in [-0.05, 0) is 43.2 Å². The Balaban J connectivity index is 1.58. The molecule has 5 nitrogen and oxygen atoms in total. The van der Waals surface area contributed by atoms with Gasteiger partial charge in [-0.2, -0.15) is 0 Å². The van der Waals surface area contributed by atoms with Crippen molar-refractivity contribution in [3.63, 3.8) is 0 Å². The Labute approximate surface area is 156 Å². The third-order valence-electron chi connectivity index (χ3n) is 3.58. The Bertz CT molecular complexity index is 837. The molecule has 0 bridgehead atoms. The number of benzene rings is 1. The van der Waals surface area contributed by atoms with Gasteiger partial charge in [0.15, 0.2) is 0 Å². The van der Waals surface area contributed by atoms with Crippen LogP contribution >= 0.6 is 23.2 Å². The average molecular weight is 377 g/mol. The molecule has 25 heavy (non-hydrogen) atoms. The van der Waals surface area contributed by atoms with Gasteiger partial charge in [0, 0.05) is 22.7 Å². The Morgan fingerprint density at radius 2 is 1.84 bits per heavy atom. The number of nitrogens with one attached hydrogen (secondary N) is 2. The fourth-order valence-electron chi connectivity index (χ4n) is 2.39. The molecule has 0 radical (unpaired) electrons. The fraction of sp³-hybridized carbons (Fsp3) is 0.222. The van der Waals surface area contributed by atoms with Crippen LogP contribution in [-0.4, -0.2) is 16.5 Å². The molecule has 0 aliphatic rings. The lowest BCUT2D eigenvalue weighted by atomic mass is 10.1. The highest BCUT2D eigenvalue weighted by Gasteiger charge is 2.05. The number of rotatable bonds is 7. The Hall–Kier alpha value is -2.24. The van der Waals surface area contributed by atoms with Crippen LogP contribution in [0.5, 0.6) is 0 Å². The molecule has 2 heterocycles. The second-order valence-electron chi connectivity index (χ2n) is 5.53. The van der Waals surface area contributed by atoms with Crippen LogP contribution in [0.15, 0.2) is 47.1 Å². The summed E-state index contributed by atoms with van der Waals surface area (Å²) in [6.45, 7) is 3.14. The standard InChI is InChI=1S/C18H18Cl2N4O/c1-12-23-17(10-18(24-12)22-11-15-3-2-8-25-15)21-7-6-13-4-5-14(19)9-16(13)20/h2-5,8-10H,6-7,11H2,1H3,(H2,21,22,23,24). The summed E-state index contributed by atoms with van der Waals surface area (Å²) >= 11 is 12.1. The molecule has 0 aliphatic heterocycles. The number of aryl methyl sites for hydroxylation is 1. The number of aromatic nitrogens is 2. The molecule has 0 aliphatic carbocycles. The van der Waals surface area contributed by atoms with Crippen molar-refractivity contribution >= 4 is 34.8 Å². The number of furan rings is 1. The van der Waals surface area contributed by atoms with E-state index in [9.17, 15) is 0 Å². The predicted octanol–water partition coefficient (Wildman–Crippen LogP) is 4.95. The maximum atomic E-state index is 6.20. The Kier molecular flexibility index (Phi) is 5.79. The maximum Gasteiger partial charge on any atom is 0.132 e. The molecule has 7 heteroatoms. The first kappa shape index (κ1) is 17.6. The van der Waals surface area contributed by atoms with Gasteiger partial charge in [0.05, 0.1) is 12.8 Å². The van der Waals surface area contributed by atoms with Gasteiger partial charge in [-0.25, -0.2) is 9.97 Å². The van der Waals surface area contributed by atoms with Crippen LogP contribution in [0.3, 0.4) is 0 Å². The van der Waals surface area contributed by atoms with E-state index in [0.29, 0.717) is 29.0 Å². The lowest BCUT2D eigenvalue weighted by molar-refractivity contribution is 0.518. The number of halogens is 2. The largest absolute Gasteiger partial charge is 0.467 e. The normalized spacial score (nSPS) is 10.7. The molecule has 2 aromatic heterocycles. The van der Waals surface area contributed by atoms with Gasteiger partial charge >= 0.3 is 0 Å². The highest BCUT2D eigenvalue weighted by Crippen LogP contribution is 2.21. The first-order valence-corrected chi connectivity index (χ1v) is 8.65. The lowest BCUT2D eigenvalue weighted by Crippen LogP contribution is -2.09. The zero-order valence-electron chi connectivity index (χ0n) is 13.7. The van der Waals surface area contributed by atoms with E-state index in [0.717, 1.165) is 29.4 Å². The second-order valence-corrected chi connectivity index (χ2v) is 6.37. The lowest BCUT2D eigenvalue weighted by Gasteiger charge is -2.10. The summed E-state index contributed by atoms with van der Waals surface area (Å²) in [6, 6.07) is 11.2. The summed E-state index contributed by atoms with van der Waals surface area (Å²) < 4.78 is 5.31.